The number of aryl methyl sites for hydroxylation is 1. The van der Waals surface area contributed by atoms with E-state index in [9.17, 15) is 4.79 Å². The average molecular weight is 291 g/mol. The smallest absolute Gasteiger partial charge is 0.238 e. The highest BCUT2D eigenvalue weighted by molar-refractivity contribution is 5.96. The number of nitrogen functional groups attached to an aromatic ring is 1. The zero-order valence-electron chi connectivity index (χ0n) is 12.6. The maximum absolute atomic E-state index is 12.2. The largest absolute Gasteiger partial charge is 0.397 e. The van der Waals surface area contributed by atoms with Crippen LogP contribution in [0.3, 0.4) is 0 Å². The van der Waals surface area contributed by atoms with Gasteiger partial charge >= 0.3 is 0 Å². The van der Waals surface area contributed by atoms with Gasteiger partial charge in [0.25, 0.3) is 0 Å². The van der Waals surface area contributed by atoms with E-state index in [0.717, 1.165) is 37.8 Å². The summed E-state index contributed by atoms with van der Waals surface area (Å²) in [5, 5.41) is 11.9. The molecule has 1 saturated heterocycles. The van der Waals surface area contributed by atoms with Crippen molar-refractivity contribution in [2.24, 2.45) is 0 Å². The third kappa shape index (κ3) is 4.19. The Kier molecular flexibility index (Phi) is 5.59. The van der Waals surface area contributed by atoms with E-state index in [1.165, 1.54) is 0 Å². The summed E-state index contributed by atoms with van der Waals surface area (Å²) in [5.41, 5.74) is 8.20. The number of carbonyl (C=O) groups is 1. The lowest BCUT2D eigenvalue weighted by Gasteiger charge is -2.24. The number of carbonyl (C=O) groups excluding carboxylic acids is 1. The van der Waals surface area contributed by atoms with Crippen LogP contribution < -0.4 is 11.1 Å². The van der Waals surface area contributed by atoms with Crippen LogP contribution in [0.25, 0.3) is 0 Å². The first-order valence-corrected chi connectivity index (χ1v) is 7.61. The molecular formula is C16H25N3O2. The quantitative estimate of drug-likeness (QED) is 0.698. The molecule has 0 radical (unpaired) electrons. The average Bonchev–Trinajstić information content (AvgIpc) is 2.88. The maximum atomic E-state index is 12.2. The number of nitrogens with zero attached hydrogens (tertiary/aromatic N) is 1. The van der Waals surface area contributed by atoms with E-state index in [0.29, 0.717) is 24.0 Å². The van der Waals surface area contributed by atoms with Gasteiger partial charge in [0.15, 0.2) is 0 Å². The van der Waals surface area contributed by atoms with Crippen LogP contribution in [0.15, 0.2) is 18.2 Å². The van der Waals surface area contributed by atoms with Crippen molar-refractivity contribution < 1.29 is 9.90 Å². The summed E-state index contributed by atoms with van der Waals surface area (Å²) in [6.45, 7) is 3.50. The van der Waals surface area contributed by atoms with Crippen molar-refractivity contribution in [1.82, 2.24) is 4.90 Å². The predicted molar refractivity (Wildman–Crippen MR) is 85.1 cm³/mol. The lowest BCUT2D eigenvalue weighted by atomic mass is 10.1. The Bertz CT molecular complexity index is 470. The molecule has 1 aliphatic rings. The molecule has 4 N–H and O–H groups in total. The second-order valence-corrected chi connectivity index (χ2v) is 5.72. The minimum Gasteiger partial charge on any atom is -0.397 e. The van der Waals surface area contributed by atoms with Gasteiger partial charge in [-0.05, 0) is 50.8 Å². The van der Waals surface area contributed by atoms with Crippen LogP contribution in [0.2, 0.25) is 0 Å². The Morgan fingerprint density at radius 1 is 1.52 bits per heavy atom. The molecule has 0 aliphatic carbocycles. The summed E-state index contributed by atoms with van der Waals surface area (Å²) < 4.78 is 0. The molecule has 1 aromatic carbocycles. The van der Waals surface area contributed by atoms with Gasteiger partial charge in [0, 0.05) is 12.6 Å². The standard InChI is InChI=1S/C16H25N3O2/c1-12-5-2-8-14(17)16(12)18-15(21)11-19-9-3-6-13(19)7-4-10-20/h2,5,8,13,20H,3-4,6-7,9-11,17H2,1H3,(H,18,21). The van der Waals surface area contributed by atoms with Gasteiger partial charge in [-0.1, -0.05) is 12.1 Å². The number of para-hydroxylation sites is 1. The summed E-state index contributed by atoms with van der Waals surface area (Å²) in [6, 6.07) is 6.03. The first kappa shape index (κ1) is 15.8. The van der Waals surface area contributed by atoms with Crippen molar-refractivity contribution in [2.75, 3.05) is 30.7 Å². The Labute approximate surface area is 126 Å². The van der Waals surface area contributed by atoms with Crippen LogP contribution >= 0.6 is 0 Å². The van der Waals surface area contributed by atoms with Crippen LogP contribution in [-0.4, -0.2) is 41.7 Å². The SMILES string of the molecule is Cc1cccc(N)c1NC(=O)CN1CCCC1CCCO. The Balaban J connectivity index is 1.92. The minimum absolute atomic E-state index is 0.0214. The van der Waals surface area contributed by atoms with Gasteiger partial charge in [-0.3, -0.25) is 9.69 Å². The molecule has 1 amide bonds. The van der Waals surface area contributed by atoms with E-state index < -0.39 is 0 Å². The summed E-state index contributed by atoms with van der Waals surface area (Å²) in [4.78, 5) is 14.4. The normalized spacial score (nSPS) is 18.9. The summed E-state index contributed by atoms with van der Waals surface area (Å²) >= 11 is 0. The van der Waals surface area contributed by atoms with E-state index in [-0.39, 0.29) is 12.5 Å². The molecule has 21 heavy (non-hydrogen) atoms. The van der Waals surface area contributed by atoms with Gasteiger partial charge in [-0.25, -0.2) is 0 Å². The minimum atomic E-state index is -0.0214. The summed E-state index contributed by atoms with van der Waals surface area (Å²) in [7, 11) is 0. The Morgan fingerprint density at radius 3 is 3.05 bits per heavy atom. The highest BCUT2D eigenvalue weighted by Gasteiger charge is 2.25. The molecule has 0 aromatic heterocycles. The first-order chi connectivity index (χ1) is 10.1. The number of aliphatic hydroxyl groups excluding tert-OH is 1. The van der Waals surface area contributed by atoms with Crippen molar-refractivity contribution >= 4 is 17.3 Å². The monoisotopic (exact) mass is 291 g/mol. The number of benzene rings is 1. The Morgan fingerprint density at radius 2 is 2.33 bits per heavy atom. The molecule has 1 heterocycles. The predicted octanol–water partition coefficient (Wildman–Crippen LogP) is 1.75. The highest BCUT2D eigenvalue weighted by atomic mass is 16.3. The van der Waals surface area contributed by atoms with Gasteiger partial charge < -0.3 is 16.2 Å². The molecule has 0 bridgehead atoms. The fraction of sp³-hybridized carbons (Fsp3) is 0.562. The zero-order chi connectivity index (χ0) is 15.2. The first-order valence-electron chi connectivity index (χ1n) is 7.61. The van der Waals surface area contributed by atoms with E-state index in [1.54, 1.807) is 6.07 Å². The number of likely N-dealkylation sites (tertiary alicyclic amines) is 1. The lowest BCUT2D eigenvalue weighted by molar-refractivity contribution is -0.117. The molecule has 1 atom stereocenters. The van der Waals surface area contributed by atoms with E-state index in [4.69, 9.17) is 10.8 Å². The van der Waals surface area contributed by atoms with Gasteiger partial charge in [0.2, 0.25) is 5.91 Å². The van der Waals surface area contributed by atoms with Gasteiger partial charge in [-0.2, -0.15) is 0 Å². The molecule has 5 nitrogen and oxygen atoms in total. The number of hydrogen-bond acceptors (Lipinski definition) is 4. The fourth-order valence-corrected chi connectivity index (χ4v) is 2.98. The van der Waals surface area contributed by atoms with E-state index >= 15 is 0 Å². The van der Waals surface area contributed by atoms with E-state index in [1.807, 2.05) is 19.1 Å². The molecule has 1 aliphatic heterocycles. The lowest BCUT2D eigenvalue weighted by Crippen LogP contribution is -2.37. The van der Waals surface area contributed by atoms with Crippen LogP contribution in [0, 0.1) is 6.92 Å². The molecule has 0 saturated carbocycles. The number of anilines is 2. The number of amides is 1. The molecule has 1 fully saturated rings. The van der Waals surface area contributed by atoms with Crippen LogP contribution in [0.1, 0.15) is 31.2 Å². The number of hydrogen-bond donors (Lipinski definition) is 3. The van der Waals surface area contributed by atoms with Crippen LogP contribution in [-0.2, 0) is 4.79 Å². The van der Waals surface area contributed by atoms with Crippen molar-refractivity contribution in [1.29, 1.82) is 0 Å². The third-order valence-electron chi connectivity index (χ3n) is 4.11. The van der Waals surface area contributed by atoms with Crippen molar-refractivity contribution in [3.8, 4) is 0 Å². The molecule has 1 unspecified atom stereocenters. The number of aliphatic hydroxyl groups is 1. The van der Waals surface area contributed by atoms with E-state index in [2.05, 4.69) is 10.2 Å². The topological polar surface area (TPSA) is 78.6 Å². The van der Waals surface area contributed by atoms with Crippen molar-refractivity contribution in [3.63, 3.8) is 0 Å². The van der Waals surface area contributed by atoms with Crippen LogP contribution in [0.4, 0.5) is 11.4 Å². The van der Waals surface area contributed by atoms with Crippen LogP contribution in [0.5, 0.6) is 0 Å². The summed E-state index contributed by atoms with van der Waals surface area (Å²) in [5.74, 6) is -0.0214. The number of nitrogens with one attached hydrogen (secondary N) is 1. The zero-order valence-corrected chi connectivity index (χ0v) is 12.6. The molecule has 1 aromatic rings. The highest BCUT2D eigenvalue weighted by Crippen LogP contribution is 2.24. The summed E-state index contributed by atoms with van der Waals surface area (Å²) in [6.07, 6.45) is 3.99. The van der Waals surface area contributed by atoms with Gasteiger partial charge in [0.05, 0.1) is 17.9 Å². The molecule has 116 valence electrons. The van der Waals surface area contributed by atoms with Crippen molar-refractivity contribution in [2.45, 2.75) is 38.6 Å². The van der Waals surface area contributed by atoms with Crippen molar-refractivity contribution in [3.05, 3.63) is 23.8 Å². The maximum Gasteiger partial charge on any atom is 0.238 e. The molecule has 5 heteroatoms. The third-order valence-corrected chi connectivity index (χ3v) is 4.11. The Hall–Kier alpha value is -1.59. The fourth-order valence-electron chi connectivity index (χ4n) is 2.98. The molecular weight excluding hydrogens is 266 g/mol. The molecule has 2 rings (SSSR count). The molecule has 0 spiro atoms. The second-order valence-electron chi connectivity index (χ2n) is 5.72. The van der Waals surface area contributed by atoms with Gasteiger partial charge in [0.1, 0.15) is 0 Å². The second kappa shape index (κ2) is 7.43. The number of nitrogens with two attached hydrogens (primary N) is 1. The van der Waals surface area contributed by atoms with Gasteiger partial charge in [-0.15, -0.1) is 0 Å². The number of rotatable bonds is 6.